The van der Waals surface area contributed by atoms with Crippen LogP contribution in [-0.4, -0.2) is 173 Å². The molecule has 0 aliphatic heterocycles. The maximum absolute atomic E-state index is 9.05. The fraction of sp³-hybridized carbons (Fsp3) is 0. The molecule has 24 heavy (non-hydrogen) atoms. The first-order valence-electron chi connectivity index (χ1n) is 2.54. The Labute approximate surface area is 235 Å². The molecule has 0 aromatic heterocycles. The van der Waals surface area contributed by atoms with Crippen LogP contribution in [0.3, 0.4) is 0 Å². The number of carbonyl (C=O) groups is 2. The summed E-state index contributed by atoms with van der Waals surface area (Å²) in [6.07, 6.45) is -1.83. The van der Waals surface area contributed by atoms with Gasteiger partial charge >= 0.3 is 130 Å². The Kier molecular flexibility index (Phi) is 134. The normalized spacial score (nSPS) is 6.33. The third kappa shape index (κ3) is 1820. The molecule has 0 heterocycles. The van der Waals surface area contributed by atoms with Gasteiger partial charge in [-0.1, -0.05) is 0 Å². The van der Waals surface area contributed by atoms with Crippen LogP contribution < -0.4 is 0 Å². The maximum atomic E-state index is 9.05. The molecule has 0 saturated carbocycles. The predicted octanol–water partition coefficient (Wildman–Crippen LogP) is -4.03. The molecule has 146 valence electrons. The third-order valence-corrected chi connectivity index (χ3v) is 0. The second-order valence-electron chi connectivity index (χ2n) is 1.28. The zero-order valence-corrected chi connectivity index (χ0v) is 13.5. The zero-order valence-electron chi connectivity index (χ0n) is 9.29. The van der Waals surface area contributed by atoms with E-state index in [2.05, 4.69) is 11.7 Å². The van der Waals surface area contributed by atoms with Gasteiger partial charge in [-0.2, -0.15) is 16.8 Å². The molecular weight excluding hydrogens is 502 g/mol. The van der Waals surface area contributed by atoms with Crippen molar-refractivity contribution in [1.29, 1.82) is 0 Å². The molecule has 0 aromatic rings. The fourth-order valence-electron chi connectivity index (χ4n) is 0. The molecule has 0 fully saturated rings. The minimum atomic E-state index is -4.67. The fourth-order valence-corrected chi connectivity index (χ4v) is 0. The topological polar surface area (TPSA) is 287 Å². The molecule has 0 radical (unpaired) electrons. The Morgan fingerprint density at radius 1 is 0.917 bits per heavy atom. The van der Waals surface area contributed by atoms with Gasteiger partial charge in [0.2, 0.25) is 0 Å². The first-order valence-corrected chi connectivity index (χ1v) is 6.43. The molecule has 0 unspecified atom stereocenters. The van der Waals surface area contributed by atoms with Crippen LogP contribution in [0.25, 0.3) is 0 Å². The number of carboxylic acid groups (broad SMARTS) is 3. The molecule has 0 aliphatic carbocycles. The van der Waals surface area contributed by atoms with E-state index in [1.165, 1.54) is 0 Å². The van der Waals surface area contributed by atoms with Gasteiger partial charge in [-0.05, 0) is 11.7 Å². The van der Waals surface area contributed by atoms with Crippen LogP contribution in [0.5, 0.6) is 0 Å². The summed E-state index contributed by atoms with van der Waals surface area (Å²) in [6.45, 7) is -0.250. The molecule has 0 bridgehead atoms. The van der Waals surface area contributed by atoms with Gasteiger partial charge in [-0.3, -0.25) is 18.5 Å². The van der Waals surface area contributed by atoms with E-state index < -0.39 is 25.7 Å². The summed E-state index contributed by atoms with van der Waals surface area (Å²) in [5, 5.41) is 20.8. The van der Waals surface area contributed by atoms with Gasteiger partial charge < -0.3 is 26.3 Å². The van der Waals surface area contributed by atoms with Gasteiger partial charge in [0.25, 0.3) is 6.47 Å². The molecule has 0 spiro atoms. The molecule has 0 rings (SSSR count). The Hall–Kier alpha value is 2.77. The van der Waals surface area contributed by atoms with E-state index in [0.717, 1.165) is 0 Å². The Bertz CT molecular complexity index is 352. The van der Waals surface area contributed by atoms with Gasteiger partial charge in [0, 0.05) is 0 Å². The van der Waals surface area contributed by atoms with Crippen LogP contribution in [0.4, 0.5) is 4.79 Å². The van der Waals surface area contributed by atoms with Crippen molar-refractivity contribution >= 4 is 173 Å². The Balaban J connectivity index is -0.00000000962. The third-order valence-electron chi connectivity index (χ3n) is 0. The average molecular weight is 520 g/mol. The molecule has 22 heteroatoms. The van der Waals surface area contributed by atoms with E-state index in [-0.39, 0.29) is 146 Å². The first kappa shape index (κ1) is 71.5. The molecule has 0 amide bonds. The van der Waals surface area contributed by atoms with Gasteiger partial charge in [0.1, 0.15) is 0 Å². The van der Waals surface area contributed by atoms with Crippen LogP contribution in [0, 0.1) is 0 Å². The van der Waals surface area contributed by atoms with Crippen molar-refractivity contribution in [3.8, 4) is 0 Å². The summed E-state index contributed by atoms with van der Waals surface area (Å²) in [5.74, 6) is 0. The van der Waals surface area contributed by atoms with Gasteiger partial charge in [-0.15, -0.1) is 24.8 Å². The van der Waals surface area contributed by atoms with Gasteiger partial charge in [-0.25, -0.2) is 4.79 Å². The second-order valence-corrected chi connectivity index (χ2v) is 4.46. The molecule has 14 nitrogen and oxygen atoms in total. The van der Waals surface area contributed by atoms with Crippen LogP contribution >= 0.6 is 36.5 Å². The number of hydrogen-bond donors (Lipinski definition) is 7. The van der Waals surface area contributed by atoms with Gasteiger partial charge in [0.05, 0.1) is 0 Å². The zero-order chi connectivity index (χ0) is 15.3. The van der Waals surface area contributed by atoms with E-state index in [4.69, 9.17) is 55.4 Å². The van der Waals surface area contributed by atoms with Crippen LogP contribution in [0.15, 0.2) is 0 Å². The number of hydrogen-bond acceptors (Lipinski definition) is 6. The molecule has 0 aromatic carbocycles. The SMILES string of the molecule is Cl.Cl.O.O.O=C(O)O.O=CO.O=S(=O)(O)O.O=S(=O)(O)S.[KH].[MgH2].[NaH]. The van der Waals surface area contributed by atoms with Crippen molar-refractivity contribution in [1.82, 2.24) is 0 Å². The number of thiol groups is 1. The predicted molar refractivity (Wildman–Crippen MR) is 98.6 cm³/mol. The Morgan fingerprint density at radius 3 is 0.917 bits per heavy atom. The Morgan fingerprint density at radius 2 is 0.917 bits per heavy atom. The van der Waals surface area contributed by atoms with Crippen LogP contribution in [0.2, 0.25) is 0 Å². The van der Waals surface area contributed by atoms with Crippen molar-refractivity contribution in [3.63, 3.8) is 0 Å². The summed E-state index contributed by atoms with van der Waals surface area (Å²) >= 11 is 2.65. The average Bonchev–Trinajstić information content (AvgIpc) is 1.74. The van der Waals surface area contributed by atoms with E-state index in [0.29, 0.717) is 0 Å². The standard InChI is InChI=1S/CH2O3.CH2O2.2ClH.K.Mg.Na.H2O4S.H2O3S2.2H2O.4H/c2-1(3)4;2-1-3;;;;;;2*1-5(2,3)4;;;;;;/h(H2,2,3,4);1H,(H,2,3);2*1H;;;;2*(H2,1,2,3,4);2*1H2;;;;. The van der Waals surface area contributed by atoms with Crippen molar-refractivity contribution < 1.29 is 66.4 Å². The molecule has 0 atom stereocenters. The summed E-state index contributed by atoms with van der Waals surface area (Å²) in [5.41, 5.74) is 0. The second kappa shape index (κ2) is 44.9. The number of halogens is 2. The van der Waals surface area contributed by atoms with E-state index >= 15 is 0 Å². The van der Waals surface area contributed by atoms with Crippen LogP contribution in [0.1, 0.15) is 0 Å². The van der Waals surface area contributed by atoms with Crippen molar-refractivity contribution in [3.05, 3.63) is 0 Å². The summed E-state index contributed by atoms with van der Waals surface area (Å²) in [7, 11) is -8.64. The quantitative estimate of drug-likeness (QED) is 0.0529. The van der Waals surface area contributed by atoms with Crippen molar-refractivity contribution in [2.24, 2.45) is 0 Å². The minimum absolute atomic E-state index is 0. The number of rotatable bonds is 0. The van der Waals surface area contributed by atoms with E-state index in [9.17, 15) is 0 Å². The van der Waals surface area contributed by atoms with Crippen LogP contribution in [-0.2, 0) is 24.3 Å². The summed E-state index contributed by atoms with van der Waals surface area (Å²) < 4.78 is 57.0. The van der Waals surface area contributed by atoms with E-state index in [1.807, 2.05) is 0 Å². The summed E-state index contributed by atoms with van der Waals surface area (Å²) in [6, 6.07) is 0. The van der Waals surface area contributed by atoms with Crippen molar-refractivity contribution in [2.45, 2.75) is 0 Å². The molecular formula is C2H18Cl2KMgNaO14S3. The molecule has 10 N–H and O–H groups in total. The first-order chi connectivity index (χ1) is 7.15. The molecule has 0 aliphatic rings. The molecule has 0 saturated heterocycles. The van der Waals surface area contributed by atoms with Crippen molar-refractivity contribution in [2.75, 3.05) is 0 Å². The monoisotopic (exact) mass is 518 g/mol. The summed E-state index contributed by atoms with van der Waals surface area (Å²) in [4.78, 5) is 16.9. The van der Waals surface area contributed by atoms with Gasteiger partial charge in [0.15, 0.2) is 0 Å². The van der Waals surface area contributed by atoms with E-state index in [1.54, 1.807) is 0 Å².